The van der Waals surface area contributed by atoms with Crippen molar-refractivity contribution in [3.8, 4) is 34.4 Å². The Morgan fingerprint density at radius 1 is 0.951 bits per heavy atom. The number of esters is 1. The number of carbonyl (C=O) groups is 2. The van der Waals surface area contributed by atoms with E-state index in [0.29, 0.717) is 70.7 Å². The van der Waals surface area contributed by atoms with E-state index in [1.807, 2.05) is 85.8 Å². The third kappa shape index (κ3) is 9.61. The molecule has 3 atom stereocenters. The minimum Gasteiger partial charge on any atom is -0.489 e. The number of nitrogens with one attached hydrogen (secondary N) is 1. The van der Waals surface area contributed by atoms with Crippen molar-refractivity contribution in [3.05, 3.63) is 157 Å². The molecule has 2 aliphatic rings. The second kappa shape index (κ2) is 18.3. The van der Waals surface area contributed by atoms with Gasteiger partial charge in [-0.2, -0.15) is 5.26 Å². The molecule has 1 unspecified atom stereocenters. The fourth-order valence-corrected chi connectivity index (χ4v) is 8.74. The Hall–Kier alpha value is -6.10. The van der Waals surface area contributed by atoms with Crippen molar-refractivity contribution in [2.24, 2.45) is 0 Å². The minimum atomic E-state index is -0.928. The van der Waals surface area contributed by atoms with E-state index < -0.39 is 18.1 Å². The first-order chi connectivity index (χ1) is 29.5. The summed E-state index contributed by atoms with van der Waals surface area (Å²) in [7, 11) is 1.32. The number of methoxy groups -OCH3 is 1. The molecule has 11 nitrogen and oxygen atoms in total. The molecule has 5 aromatic carbocycles. The second-order valence-corrected chi connectivity index (χ2v) is 16.9. The van der Waals surface area contributed by atoms with Crippen molar-refractivity contribution < 1.29 is 28.5 Å². The lowest BCUT2D eigenvalue weighted by Gasteiger charge is -2.37. The third-order valence-corrected chi connectivity index (χ3v) is 12.6. The van der Waals surface area contributed by atoms with E-state index >= 15 is 0 Å². The smallest absolute Gasteiger partial charge is 0.328 e. The predicted molar refractivity (Wildman–Crippen MR) is 235 cm³/mol. The molecule has 0 spiro atoms. The van der Waals surface area contributed by atoms with Gasteiger partial charge in [0.25, 0.3) is 0 Å². The van der Waals surface area contributed by atoms with Gasteiger partial charge in [-0.1, -0.05) is 77.8 Å². The third-order valence-electron chi connectivity index (χ3n) is 10.9. The number of anilines is 1. The number of hydrogen-bond acceptors (Lipinski definition) is 11. The van der Waals surface area contributed by atoms with Crippen molar-refractivity contribution in [2.45, 2.75) is 57.6 Å². The van der Waals surface area contributed by atoms with Crippen molar-refractivity contribution in [2.75, 3.05) is 19.5 Å². The molecule has 3 heterocycles. The van der Waals surface area contributed by atoms with Gasteiger partial charge in [-0.15, -0.1) is 11.3 Å². The summed E-state index contributed by atoms with van der Waals surface area (Å²) in [4.78, 5) is 35.0. The van der Waals surface area contributed by atoms with Crippen LogP contribution in [0.4, 0.5) is 5.13 Å². The van der Waals surface area contributed by atoms with Crippen LogP contribution in [0.3, 0.4) is 0 Å². The van der Waals surface area contributed by atoms with Crippen LogP contribution in [0.1, 0.15) is 50.1 Å². The normalized spacial score (nSPS) is 16.2. The number of aryl methyl sites for hydroxylation is 1. The highest BCUT2D eigenvalue weighted by molar-refractivity contribution is 7.15. The van der Waals surface area contributed by atoms with Crippen LogP contribution in [0.5, 0.6) is 17.2 Å². The van der Waals surface area contributed by atoms with Gasteiger partial charge in [0, 0.05) is 24.4 Å². The number of nitriles is 1. The molecule has 0 aliphatic carbocycles. The van der Waals surface area contributed by atoms with E-state index in [0.717, 1.165) is 49.5 Å². The fourth-order valence-electron chi connectivity index (χ4n) is 7.56. The number of nitrogens with zero attached hydrogens (tertiary/aromatic N) is 3. The monoisotopic (exact) mass is 873 g/mol. The van der Waals surface area contributed by atoms with Crippen molar-refractivity contribution in [1.29, 1.82) is 5.26 Å². The van der Waals surface area contributed by atoms with Crippen LogP contribution in [-0.2, 0) is 46.9 Å². The Morgan fingerprint density at radius 2 is 1.66 bits per heavy atom. The molecule has 6 aromatic rings. The number of carbonyl (C=O) groups excluding carboxylic acids is 2. The Morgan fingerprint density at radius 3 is 2.33 bits per heavy atom. The first-order valence-electron chi connectivity index (χ1n) is 19.6. The number of ether oxygens (including phenoxy) is 4. The largest absolute Gasteiger partial charge is 0.489 e. The van der Waals surface area contributed by atoms with Gasteiger partial charge in [0.15, 0.2) is 22.7 Å². The maximum Gasteiger partial charge on any atom is 0.328 e. The average Bonchev–Trinajstić information content (AvgIpc) is 3.60. The summed E-state index contributed by atoms with van der Waals surface area (Å²) in [5.41, 5.74) is 14.1. The van der Waals surface area contributed by atoms with Gasteiger partial charge in [-0.3, -0.25) is 9.69 Å². The predicted octanol–water partition coefficient (Wildman–Crippen LogP) is 8.80. The van der Waals surface area contributed by atoms with Crippen LogP contribution >= 0.6 is 34.5 Å². The van der Waals surface area contributed by atoms with E-state index in [4.69, 9.17) is 53.1 Å². The van der Waals surface area contributed by atoms with Gasteiger partial charge in [-0.05, 0) is 101 Å². The highest BCUT2D eigenvalue weighted by atomic mass is 35.5. The summed E-state index contributed by atoms with van der Waals surface area (Å²) >= 11 is 13.6. The second-order valence-electron chi connectivity index (χ2n) is 15.0. The van der Waals surface area contributed by atoms with Gasteiger partial charge >= 0.3 is 5.97 Å². The summed E-state index contributed by atoms with van der Waals surface area (Å²) in [6.07, 6.45) is 0.248. The topological polar surface area (TPSA) is 149 Å². The van der Waals surface area contributed by atoms with Crippen molar-refractivity contribution in [3.63, 3.8) is 0 Å². The zero-order valence-electron chi connectivity index (χ0n) is 33.3. The Labute approximate surface area is 367 Å². The maximum absolute atomic E-state index is 14.4. The highest BCUT2D eigenvalue weighted by Gasteiger charge is 2.36. The molecule has 1 amide bonds. The van der Waals surface area contributed by atoms with Gasteiger partial charge < -0.3 is 30.0 Å². The van der Waals surface area contributed by atoms with Crippen LogP contribution in [0.2, 0.25) is 10.0 Å². The number of halogens is 2. The van der Waals surface area contributed by atoms with Crippen molar-refractivity contribution >= 4 is 51.5 Å². The Kier molecular flexibility index (Phi) is 12.5. The zero-order valence-corrected chi connectivity index (χ0v) is 35.7. The lowest BCUT2D eigenvalue weighted by molar-refractivity contribution is -0.145. The summed E-state index contributed by atoms with van der Waals surface area (Å²) in [6, 6.07) is 32.8. The van der Waals surface area contributed by atoms with E-state index in [-0.39, 0.29) is 18.4 Å². The van der Waals surface area contributed by atoms with Crippen LogP contribution < -0.4 is 25.3 Å². The number of fused-ring (bicyclic) bond motifs is 2. The molecule has 2 aliphatic heterocycles. The number of hydrogen-bond donors (Lipinski definition) is 2. The molecule has 1 aromatic heterocycles. The molecule has 0 radical (unpaired) electrons. The van der Waals surface area contributed by atoms with Gasteiger partial charge in [0.1, 0.15) is 25.0 Å². The summed E-state index contributed by atoms with van der Waals surface area (Å²) in [5.74, 6) is 1.08. The minimum absolute atomic E-state index is 0.230. The lowest BCUT2D eigenvalue weighted by atomic mass is 9.92. The molecule has 0 fully saturated rings. The molecular weight excluding hydrogens is 834 g/mol. The molecular formula is C47H41Cl2N5O6S. The molecule has 0 saturated carbocycles. The van der Waals surface area contributed by atoms with Gasteiger partial charge in [0.05, 0.1) is 40.5 Å². The standard InChI is InChI=1S/C47H41Cl2N5O6S/c1-27-44(61-47(51)52-27)24-54-23-35-21-42-41(59-26-43(60-42)33-12-14-36(15-13-33)58-25-30-7-16-37(48)38(49)17-30)20-34(35)19-40(54)45(55)53-39(46(56)57-2)18-28-3-8-31(9-4-28)32-10-5-29(22-50)6-11-32/h3-17,20-21,39-40,43H,18-19,23-26H2,1-2H3,(H2,51,52)(H,53,55)/t39-,40?,43+/m0/s1. The summed E-state index contributed by atoms with van der Waals surface area (Å²) < 4.78 is 24.0. The number of nitrogen functional groups attached to an aromatic ring is 1. The van der Waals surface area contributed by atoms with Gasteiger partial charge in [-0.25, -0.2) is 9.78 Å². The van der Waals surface area contributed by atoms with Crippen LogP contribution in [0.15, 0.2) is 103 Å². The lowest BCUT2D eigenvalue weighted by Crippen LogP contribution is -2.54. The maximum atomic E-state index is 14.4. The highest BCUT2D eigenvalue weighted by Crippen LogP contribution is 2.41. The first-order valence-corrected chi connectivity index (χ1v) is 21.2. The van der Waals surface area contributed by atoms with Crippen molar-refractivity contribution in [1.82, 2.24) is 15.2 Å². The first kappa shape index (κ1) is 41.6. The molecule has 310 valence electrons. The Balaban J connectivity index is 0.977. The fraction of sp³-hybridized carbons (Fsp3) is 0.234. The van der Waals surface area contributed by atoms with Crippen LogP contribution in [-0.4, -0.2) is 47.6 Å². The van der Waals surface area contributed by atoms with E-state index in [9.17, 15) is 9.59 Å². The molecule has 3 N–H and O–H groups in total. The quantitative estimate of drug-likeness (QED) is 0.114. The zero-order chi connectivity index (χ0) is 42.6. The number of benzene rings is 5. The number of rotatable bonds is 12. The van der Waals surface area contributed by atoms with E-state index in [1.165, 1.54) is 18.4 Å². The van der Waals surface area contributed by atoms with E-state index in [1.54, 1.807) is 24.3 Å². The summed E-state index contributed by atoms with van der Waals surface area (Å²) in [6.45, 7) is 3.40. The molecule has 8 rings (SSSR count). The number of nitrogens with two attached hydrogens (primary N) is 1. The Bertz CT molecular complexity index is 2610. The number of aromatic nitrogens is 1. The SMILES string of the molecule is COC(=O)[C@H](Cc1ccc(-c2ccc(C#N)cc2)cc1)NC(=O)C1Cc2cc3c(cc2CN1Cc1sc(N)nc1C)O[C@@H](c1ccc(OCc2ccc(Cl)c(Cl)c2)cc1)CO3. The van der Waals surface area contributed by atoms with Crippen LogP contribution in [0.25, 0.3) is 11.1 Å². The van der Waals surface area contributed by atoms with Crippen LogP contribution in [0, 0.1) is 18.3 Å². The van der Waals surface area contributed by atoms with E-state index in [2.05, 4.69) is 21.3 Å². The average molecular weight is 875 g/mol. The number of thiazole rings is 1. The molecule has 0 saturated heterocycles. The number of amides is 1. The molecule has 0 bridgehead atoms. The molecule has 14 heteroatoms. The summed E-state index contributed by atoms with van der Waals surface area (Å²) in [5, 5.41) is 13.6. The molecule has 61 heavy (non-hydrogen) atoms. The van der Waals surface area contributed by atoms with Gasteiger partial charge in [0.2, 0.25) is 5.91 Å².